The van der Waals surface area contributed by atoms with Gasteiger partial charge in [0.25, 0.3) is 5.82 Å². The van der Waals surface area contributed by atoms with Crippen LogP contribution in [-0.4, -0.2) is 21.2 Å². The number of hydrogen-bond acceptors (Lipinski definition) is 4. The third-order valence-electron chi connectivity index (χ3n) is 2.05. The van der Waals surface area contributed by atoms with Crippen LogP contribution in [-0.2, 0) is 6.42 Å². The summed E-state index contributed by atoms with van der Waals surface area (Å²) in [5, 5.41) is 12.0. The maximum absolute atomic E-state index is 13.4. The van der Waals surface area contributed by atoms with Crippen molar-refractivity contribution in [3.05, 3.63) is 46.3 Å². The van der Waals surface area contributed by atoms with E-state index < -0.39 is 17.6 Å². The number of nitrogens with zero attached hydrogens (tertiary/aromatic N) is 2. The lowest BCUT2D eigenvalue weighted by Crippen LogP contribution is -1.99. The van der Waals surface area contributed by atoms with Crippen LogP contribution < -0.4 is 0 Å². The minimum atomic E-state index is -1.31. The zero-order valence-corrected chi connectivity index (χ0v) is 9.11. The molecule has 0 saturated carbocycles. The molecule has 2 aromatic rings. The van der Waals surface area contributed by atoms with Gasteiger partial charge in [-0.3, -0.25) is 0 Å². The lowest BCUT2D eigenvalue weighted by Gasteiger charge is -2.01. The molecule has 0 aliphatic heterocycles. The first-order chi connectivity index (χ1) is 8.08. The molecule has 0 fully saturated rings. The van der Waals surface area contributed by atoms with Crippen molar-refractivity contribution >= 4 is 17.6 Å². The number of benzene rings is 1. The average Bonchev–Trinajstić information content (AvgIpc) is 2.72. The Morgan fingerprint density at radius 1 is 1.53 bits per heavy atom. The topological polar surface area (TPSA) is 76.2 Å². The number of halogens is 2. The van der Waals surface area contributed by atoms with Gasteiger partial charge in [0.15, 0.2) is 0 Å². The van der Waals surface area contributed by atoms with Gasteiger partial charge in [-0.15, -0.1) is 0 Å². The maximum atomic E-state index is 13.4. The van der Waals surface area contributed by atoms with Gasteiger partial charge in [0.1, 0.15) is 5.82 Å². The van der Waals surface area contributed by atoms with Crippen molar-refractivity contribution in [1.82, 2.24) is 10.1 Å². The predicted octanol–water partition coefficient (Wildman–Crippen LogP) is 2.15. The Bertz CT molecular complexity index is 550. The number of rotatable bonds is 3. The molecule has 0 bridgehead atoms. The van der Waals surface area contributed by atoms with Gasteiger partial charge in [0.2, 0.25) is 5.89 Å². The Balaban J connectivity index is 2.28. The summed E-state index contributed by atoms with van der Waals surface area (Å²) in [6, 6.07) is 4.24. The number of carboxylic acids is 1. The first-order valence-corrected chi connectivity index (χ1v) is 4.94. The normalized spacial score (nSPS) is 10.5. The van der Waals surface area contributed by atoms with Crippen LogP contribution >= 0.6 is 11.6 Å². The minimum Gasteiger partial charge on any atom is -0.475 e. The van der Waals surface area contributed by atoms with Crippen LogP contribution in [0.5, 0.6) is 0 Å². The van der Waals surface area contributed by atoms with Gasteiger partial charge in [-0.25, -0.2) is 9.18 Å². The fourth-order valence-corrected chi connectivity index (χ4v) is 1.50. The summed E-state index contributed by atoms with van der Waals surface area (Å²) >= 11 is 5.80. The lowest BCUT2D eigenvalue weighted by molar-refractivity contribution is 0.0680. The van der Waals surface area contributed by atoms with Crippen LogP contribution in [0.1, 0.15) is 22.1 Å². The largest absolute Gasteiger partial charge is 0.475 e. The summed E-state index contributed by atoms with van der Waals surface area (Å²) in [5.41, 5.74) is 0.190. The summed E-state index contributed by atoms with van der Waals surface area (Å²) in [6.07, 6.45) is -0.0498. The van der Waals surface area contributed by atoms with E-state index in [9.17, 15) is 9.18 Å². The highest BCUT2D eigenvalue weighted by atomic mass is 35.5. The molecule has 0 spiro atoms. The minimum absolute atomic E-state index is 0.00519. The second kappa shape index (κ2) is 4.50. The van der Waals surface area contributed by atoms with Crippen molar-refractivity contribution in [3.63, 3.8) is 0 Å². The van der Waals surface area contributed by atoms with Gasteiger partial charge in [0, 0.05) is 10.6 Å². The van der Waals surface area contributed by atoms with E-state index in [1.807, 2.05) is 0 Å². The van der Waals surface area contributed by atoms with Crippen molar-refractivity contribution in [2.24, 2.45) is 0 Å². The predicted molar refractivity (Wildman–Crippen MR) is 55.5 cm³/mol. The molecule has 1 aromatic heterocycles. The van der Waals surface area contributed by atoms with Gasteiger partial charge >= 0.3 is 5.97 Å². The van der Waals surface area contributed by atoms with E-state index in [1.54, 1.807) is 0 Å². The Morgan fingerprint density at radius 2 is 2.29 bits per heavy atom. The Morgan fingerprint density at radius 3 is 2.88 bits per heavy atom. The van der Waals surface area contributed by atoms with E-state index in [4.69, 9.17) is 16.7 Å². The summed E-state index contributed by atoms with van der Waals surface area (Å²) in [5.74, 6) is -2.28. The fraction of sp³-hybridized carbons (Fsp3) is 0.100. The van der Waals surface area contributed by atoms with Crippen LogP contribution in [0.25, 0.3) is 0 Å². The first kappa shape index (κ1) is 11.5. The number of aromatic nitrogens is 2. The molecule has 88 valence electrons. The molecule has 1 aromatic carbocycles. The molecule has 0 aliphatic carbocycles. The standard InChI is InChI=1S/C10H6ClFN2O3/c11-6-2-1-3-7(12)5(6)4-8-13-9(10(15)16)14-17-8/h1-3H,4H2,(H,15,16). The van der Waals surface area contributed by atoms with Crippen molar-refractivity contribution in [2.75, 3.05) is 0 Å². The molecule has 1 heterocycles. The van der Waals surface area contributed by atoms with Gasteiger partial charge in [-0.1, -0.05) is 17.7 Å². The molecule has 7 heteroatoms. The molecule has 0 aliphatic rings. The molecule has 0 unspecified atom stereocenters. The Hall–Kier alpha value is -1.95. The maximum Gasteiger partial charge on any atom is 0.377 e. The number of carboxylic acid groups (broad SMARTS) is 1. The van der Waals surface area contributed by atoms with E-state index in [2.05, 4.69) is 14.7 Å². The molecule has 1 N–H and O–H groups in total. The highest BCUT2D eigenvalue weighted by molar-refractivity contribution is 6.31. The monoisotopic (exact) mass is 256 g/mol. The van der Waals surface area contributed by atoms with E-state index >= 15 is 0 Å². The number of aromatic carboxylic acids is 1. The SMILES string of the molecule is O=C(O)c1noc(Cc2c(F)cccc2Cl)n1. The van der Waals surface area contributed by atoms with Gasteiger partial charge < -0.3 is 9.63 Å². The van der Waals surface area contributed by atoms with E-state index in [-0.39, 0.29) is 22.9 Å². The molecular formula is C10H6ClFN2O3. The number of hydrogen-bond donors (Lipinski definition) is 1. The van der Waals surface area contributed by atoms with Crippen molar-refractivity contribution < 1.29 is 18.8 Å². The van der Waals surface area contributed by atoms with Crippen LogP contribution in [0.3, 0.4) is 0 Å². The number of carbonyl (C=O) groups is 1. The van der Waals surface area contributed by atoms with Gasteiger partial charge in [0.05, 0.1) is 6.42 Å². The molecule has 2 rings (SSSR count). The zero-order chi connectivity index (χ0) is 12.4. The highest BCUT2D eigenvalue weighted by Gasteiger charge is 2.16. The van der Waals surface area contributed by atoms with E-state index in [1.165, 1.54) is 18.2 Å². The zero-order valence-electron chi connectivity index (χ0n) is 8.35. The van der Waals surface area contributed by atoms with Crippen LogP contribution in [0, 0.1) is 5.82 Å². The van der Waals surface area contributed by atoms with Crippen molar-refractivity contribution in [3.8, 4) is 0 Å². The van der Waals surface area contributed by atoms with Crippen molar-refractivity contribution in [1.29, 1.82) is 0 Å². The molecule has 0 atom stereocenters. The lowest BCUT2D eigenvalue weighted by atomic mass is 10.1. The quantitative estimate of drug-likeness (QED) is 0.910. The van der Waals surface area contributed by atoms with Crippen LogP contribution in [0.15, 0.2) is 22.7 Å². The molecule has 0 radical (unpaired) electrons. The highest BCUT2D eigenvalue weighted by Crippen LogP contribution is 2.21. The fourth-order valence-electron chi connectivity index (χ4n) is 1.27. The average molecular weight is 257 g/mol. The summed E-state index contributed by atoms with van der Waals surface area (Å²) in [6.45, 7) is 0. The van der Waals surface area contributed by atoms with Crippen LogP contribution in [0.4, 0.5) is 4.39 Å². The Kier molecular flexibility index (Phi) is 3.06. The molecular weight excluding hydrogens is 251 g/mol. The van der Waals surface area contributed by atoms with Crippen LogP contribution in [0.2, 0.25) is 5.02 Å². The summed E-state index contributed by atoms with van der Waals surface area (Å²) in [7, 11) is 0. The third-order valence-corrected chi connectivity index (χ3v) is 2.40. The second-order valence-electron chi connectivity index (χ2n) is 3.19. The summed E-state index contributed by atoms with van der Waals surface area (Å²) < 4.78 is 18.1. The smallest absolute Gasteiger partial charge is 0.377 e. The van der Waals surface area contributed by atoms with E-state index in [0.717, 1.165) is 0 Å². The first-order valence-electron chi connectivity index (χ1n) is 4.56. The van der Waals surface area contributed by atoms with Crippen molar-refractivity contribution in [2.45, 2.75) is 6.42 Å². The molecule has 0 amide bonds. The molecule has 5 nitrogen and oxygen atoms in total. The summed E-state index contributed by atoms with van der Waals surface area (Å²) in [4.78, 5) is 14.1. The van der Waals surface area contributed by atoms with Gasteiger partial charge in [-0.05, 0) is 17.3 Å². The second-order valence-corrected chi connectivity index (χ2v) is 3.60. The van der Waals surface area contributed by atoms with E-state index in [0.29, 0.717) is 0 Å². The third kappa shape index (κ3) is 2.42. The Labute approximate surface area is 99.8 Å². The molecule has 17 heavy (non-hydrogen) atoms. The van der Waals surface area contributed by atoms with Gasteiger partial charge in [-0.2, -0.15) is 4.98 Å². The molecule has 0 saturated heterocycles.